The molecule has 59 heavy (non-hydrogen) atoms. The zero-order valence-corrected chi connectivity index (χ0v) is 36.4. The first-order valence-corrected chi connectivity index (χ1v) is 23.0. The van der Waals surface area contributed by atoms with E-state index in [9.17, 15) is 4.79 Å². The summed E-state index contributed by atoms with van der Waals surface area (Å²) >= 11 is 1.63. The number of ether oxygens (including phenoxy) is 2. The Kier molecular flexibility index (Phi) is 17.1. The molecule has 0 radical (unpaired) electrons. The van der Waals surface area contributed by atoms with Crippen LogP contribution >= 0.6 is 11.3 Å². The number of aromatic nitrogens is 4. The highest BCUT2D eigenvalue weighted by molar-refractivity contribution is 7.16. The van der Waals surface area contributed by atoms with Gasteiger partial charge in [0.1, 0.15) is 11.3 Å². The summed E-state index contributed by atoms with van der Waals surface area (Å²) < 4.78 is 17.5. The Morgan fingerprint density at radius 3 is 2.00 bits per heavy atom. The minimum atomic E-state index is -1.56. The molecule has 0 aliphatic heterocycles. The smallest absolute Gasteiger partial charge is 0.280 e. The number of anilines is 1. The van der Waals surface area contributed by atoms with Crippen molar-refractivity contribution in [2.75, 3.05) is 18.5 Å². The number of fused-ring (bicyclic) bond motifs is 2. The molecule has 2 aromatic heterocycles. The maximum Gasteiger partial charge on any atom is 0.280 e. The third-order valence-electron chi connectivity index (χ3n) is 11.1. The van der Waals surface area contributed by atoms with Gasteiger partial charge < -0.3 is 19.4 Å². The van der Waals surface area contributed by atoms with E-state index in [2.05, 4.69) is 39.3 Å². The first-order valence-electron chi connectivity index (χ1n) is 22.2. The molecule has 0 aliphatic rings. The molecule has 4 aromatic carbocycles. The summed E-state index contributed by atoms with van der Waals surface area (Å²) in [6, 6.07) is 31.4. The van der Waals surface area contributed by atoms with Gasteiger partial charge in [0.25, 0.3) is 5.91 Å². The molecule has 6 rings (SSSR count). The van der Waals surface area contributed by atoms with Crippen LogP contribution in [-0.2, 0) is 28.7 Å². The van der Waals surface area contributed by atoms with Crippen LogP contribution in [0, 0.1) is 0 Å². The lowest BCUT2D eigenvalue weighted by molar-refractivity contribution is -0.158. The summed E-state index contributed by atoms with van der Waals surface area (Å²) in [5.74, 6) is 0.469. The van der Waals surface area contributed by atoms with Gasteiger partial charge in [0.15, 0.2) is 4.80 Å². The van der Waals surface area contributed by atoms with Gasteiger partial charge in [0, 0.05) is 25.8 Å². The predicted molar refractivity (Wildman–Crippen MR) is 243 cm³/mol. The number of rotatable bonds is 26. The number of para-hydroxylation sites is 2. The molecule has 0 fully saturated rings. The lowest BCUT2D eigenvalue weighted by Crippen LogP contribution is -2.50. The number of aryl methyl sites for hydroxylation is 1. The molecule has 314 valence electrons. The van der Waals surface area contributed by atoms with Crippen LogP contribution in [0.2, 0.25) is 0 Å². The second kappa shape index (κ2) is 23.1. The van der Waals surface area contributed by atoms with Crippen LogP contribution in [0.25, 0.3) is 21.3 Å². The van der Waals surface area contributed by atoms with Crippen molar-refractivity contribution in [3.8, 4) is 5.75 Å². The van der Waals surface area contributed by atoms with Gasteiger partial charge in [-0.15, -0.1) is 5.10 Å². The van der Waals surface area contributed by atoms with Crippen molar-refractivity contribution in [1.29, 1.82) is 0 Å². The van der Waals surface area contributed by atoms with Crippen LogP contribution in [0.4, 0.5) is 11.4 Å². The van der Waals surface area contributed by atoms with Gasteiger partial charge in [-0.2, -0.15) is 0 Å². The Labute approximate surface area is 354 Å². The van der Waals surface area contributed by atoms with Gasteiger partial charge in [-0.3, -0.25) is 4.79 Å². The fraction of sp³-hybridized carbons (Fsp3) is 0.469. The van der Waals surface area contributed by atoms with Gasteiger partial charge in [0.2, 0.25) is 5.72 Å². The summed E-state index contributed by atoms with van der Waals surface area (Å²) in [5.41, 5.74) is 3.13. The molecule has 0 bridgehead atoms. The van der Waals surface area contributed by atoms with Crippen molar-refractivity contribution in [1.82, 2.24) is 19.6 Å². The fourth-order valence-corrected chi connectivity index (χ4v) is 8.82. The number of nitrogens with zero attached hydrogens (tertiary/aromatic N) is 5. The number of thiazole rings is 1. The van der Waals surface area contributed by atoms with Crippen LogP contribution in [-0.4, -0.2) is 38.7 Å². The molecule has 1 atom stereocenters. The van der Waals surface area contributed by atoms with Gasteiger partial charge in [-0.05, 0) is 73.5 Å². The van der Waals surface area contributed by atoms with Crippen molar-refractivity contribution >= 4 is 49.9 Å². The maximum absolute atomic E-state index is 14.6. The number of nitrogens with one attached hydrogen (secondary N) is 1. The van der Waals surface area contributed by atoms with Crippen molar-refractivity contribution in [2.45, 2.75) is 129 Å². The number of hydrogen-bond acceptors (Lipinski definition) is 7. The first-order chi connectivity index (χ1) is 29.0. The van der Waals surface area contributed by atoms with E-state index in [1.165, 1.54) is 96.3 Å². The standard InChI is InChI=1S/C49H64N6O3S/c1-4-6-7-8-9-10-11-12-13-14-15-16-17-18-19-25-36-57-42-33-30-39(31-34-42)38-49(58-5-2,47(56)50-40-26-21-20-22-27-40)55-45-37-41(32-35-43(45)52-53-55)51-48-54(3)44-28-23-24-29-46(44)59-48/h20-24,26-35,37H,4-19,25,36,38H2,1-3H3,(H,50,56). The molecule has 0 spiro atoms. The molecule has 0 saturated carbocycles. The quantitative estimate of drug-likeness (QED) is 0.0550. The molecule has 1 amide bonds. The lowest BCUT2D eigenvalue weighted by atomic mass is 10.00. The molecule has 0 aliphatic carbocycles. The largest absolute Gasteiger partial charge is 0.494 e. The van der Waals surface area contributed by atoms with Gasteiger partial charge in [-0.25, -0.2) is 9.67 Å². The topological polar surface area (TPSA) is 95.6 Å². The Balaban J connectivity index is 1.07. The molecule has 10 heteroatoms. The molecule has 1 unspecified atom stereocenters. The van der Waals surface area contributed by atoms with E-state index in [0.717, 1.165) is 38.4 Å². The van der Waals surface area contributed by atoms with E-state index in [1.54, 1.807) is 16.0 Å². The third kappa shape index (κ3) is 12.4. The lowest BCUT2D eigenvalue weighted by Gasteiger charge is -2.32. The number of amides is 1. The van der Waals surface area contributed by atoms with Crippen LogP contribution < -0.4 is 14.9 Å². The van der Waals surface area contributed by atoms with E-state index in [4.69, 9.17) is 14.5 Å². The van der Waals surface area contributed by atoms with Gasteiger partial charge in [-0.1, -0.05) is 162 Å². The van der Waals surface area contributed by atoms with E-state index in [-0.39, 0.29) is 18.9 Å². The zero-order chi connectivity index (χ0) is 41.1. The normalized spacial score (nSPS) is 13.0. The minimum Gasteiger partial charge on any atom is -0.494 e. The average molecular weight is 817 g/mol. The molecular formula is C49H64N6O3S. The Bertz CT molecular complexity index is 2230. The number of unbranched alkanes of at least 4 members (excludes halogenated alkanes) is 15. The molecule has 6 aromatic rings. The van der Waals surface area contributed by atoms with Crippen molar-refractivity contribution < 1.29 is 14.3 Å². The molecule has 1 N–H and O–H groups in total. The number of hydrogen-bond donors (Lipinski definition) is 1. The predicted octanol–water partition coefficient (Wildman–Crippen LogP) is 12.4. The van der Waals surface area contributed by atoms with Crippen molar-refractivity contribution in [2.24, 2.45) is 12.0 Å². The number of carbonyl (C=O) groups is 1. The number of carbonyl (C=O) groups excluding carboxylic acids is 1. The van der Waals surface area contributed by atoms with E-state index < -0.39 is 5.72 Å². The summed E-state index contributed by atoms with van der Waals surface area (Å²) in [6.45, 7) is 5.14. The summed E-state index contributed by atoms with van der Waals surface area (Å²) in [6.07, 6.45) is 21.8. The second-order valence-electron chi connectivity index (χ2n) is 15.7. The van der Waals surface area contributed by atoms with Crippen molar-refractivity contribution in [3.63, 3.8) is 0 Å². The number of benzene rings is 4. The van der Waals surface area contributed by atoms with E-state index in [0.29, 0.717) is 23.3 Å². The Morgan fingerprint density at radius 2 is 1.36 bits per heavy atom. The van der Waals surface area contributed by atoms with E-state index >= 15 is 0 Å². The first kappa shape index (κ1) is 43.8. The highest BCUT2D eigenvalue weighted by Crippen LogP contribution is 2.32. The van der Waals surface area contributed by atoms with E-state index in [1.807, 2.05) is 98.9 Å². The highest BCUT2D eigenvalue weighted by Gasteiger charge is 2.44. The summed E-state index contributed by atoms with van der Waals surface area (Å²) in [5, 5.41) is 12.2. The third-order valence-corrected chi connectivity index (χ3v) is 12.2. The van der Waals surface area contributed by atoms with Crippen LogP contribution in [0.1, 0.15) is 122 Å². The maximum atomic E-state index is 14.6. The zero-order valence-electron chi connectivity index (χ0n) is 35.5. The van der Waals surface area contributed by atoms with Crippen LogP contribution in [0.5, 0.6) is 5.75 Å². The summed E-state index contributed by atoms with van der Waals surface area (Å²) in [4.78, 5) is 20.4. The highest BCUT2D eigenvalue weighted by atomic mass is 32.1. The van der Waals surface area contributed by atoms with Crippen LogP contribution in [0.3, 0.4) is 0 Å². The summed E-state index contributed by atoms with van der Waals surface area (Å²) in [7, 11) is 2.02. The minimum absolute atomic E-state index is 0.212. The molecule has 9 nitrogen and oxygen atoms in total. The second-order valence-corrected chi connectivity index (χ2v) is 16.7. The monoisotopic (exact) mass is 816 g/mol. The fourth-order valence-electron chi connectivity index (χ4n) is 7.78. The molecular weight excluding hydrogens is 753 g/mol. The Morgan fingerprint density at radius 1 is 0.729 bits per heavy atom. The molecule has 2 heterocycles. The Hall–Kier alpha value is -4.80. The van der Waals surface area contributed by atoms with Crippen LogP contribution in [0.15, 0.2) is 102 Å². The average Bonchev–Trinajstić information content (AvgIpc) is 3.83. The molecule has 0 saturated heterocycles. The van der Waals surface area contributed by atoms with Gasteiger partial charge in [0.05, 0.1) is 28.0 Å². The van der Waals surface area contributed by atoms with Crippen molar-refractivity contribution in [3.05, 3.63) is 107 Å². The van der Waals surface area contributed by atoms with Gasteiger partial charge >= 0.3 is 0 Å². The SMILES string of the molecule is CCCCCCCCCCCCCCCCCCOc1ccc(CC(OCC)(C(=O)Nc2ccccc2)n2nnc3ccc(N=c4sc5ccccc5n4C)cc32)cc1.